The molecule has 1 aromatic rings. The maximum absolute atomic E-state index is 13.8. The summed E-state index contributed by atoms with van der Waals surface area (Å²) >= 11 is 0. The van der Waals surface area contributed by atoms with Gasteiger partial charge >= 0.3 is 0 Å². The molecule has 0 bridgehead atoms. The first kappa shape index (κ1) is 16.9. The molecule has 0 aromatic heterocycles. The zero-order chi connectivity index (χ0) is 16.2. The van der Waals surface area contributed by atoms with Crippen molar-refractivity contribution in [3.05, 3.63) is 33.6 Å². The second-order valence-electron chi connectivity index (χ2n) is 4.81. The lowest BCUT2D eigenvalue weighted by Crippen LogP contribution is -2.35. The van der Waals surface area contributed by atoms with Crippen LogP contribution in [-0.4, -0.2) is 35.4 Å². The van der Waals surface area contributed by atoms with Crippen molar-refractivity contribution >= 4 is 17.3 Å². The van der Waals surface area contributed by atoms with E-state index in [1.54, 1.807) is 14.0 Å². The van der Waals surface area contributed by atoms with Crippen LogP contribution < -0.4 is 5.32 Å². The Kier molecular flexibility index (Phi) is 5.63. The number of nitro groups is 1. The SMILES string of the molecule is CCNc1cc(C(=O)N(C)C(C)CC)c([N+](=O)[O-])cc1F. The molecule has 0 spiro atoms. The van der Waals surface area contributed by atoms with Gasteiger partial charge in [0.25, 0.3) is 11.6 Å². The summed E-state index contributed by atoms with van der Waals surface area (Å²) in [5.41, 5.74) is -0.543. The van der Waals surface area contributed by atoms with Crippen LogP contribution in [0.15, 0.2) is 12.1 Å². The van der Waals surface area contributed by atoms with Gasteiger partial charge in [-0.2, -0.15) is 0 Å². The number of nitro benzene ring substituents is 1. The van der Waals surface area contributed by atoms with Crippen molar-refractivity contribution in [3.63, 3.8) is 0 Å². The molecule has 0 aliphatic carbocycles. The largest absolute Gasteiger partial charge is 0.383 e. The molecule has 0 aliphatic rings. The molecule has 116 valence electrons. The van der Waals surface area contributed by atoms with E-state index >= 15 is 0 Å². The summed E-state index contributed by atoms with van der Waals surface area (Å²) in [5.74, 6) is -1.23. The molecule has 0 aliphatic heterocycles. The zero-order valence-electron chi connectivity index (χ0n) is 12.6. The van der Waals surface area contributed by atoms with Gasteiger partial charge in [-0.1, -0.05) is 6.92 Å². The molecule has 6 nitrogen and oxygen atoms in total. The average Bonchev–Trinajstić information content (AvgIpc) is 2.46. The summed E-state index contributed by atoms with van der Waals surface area (Å²) < 4.78 is 13.8. The third-order valence-electron chi connectivity index (χ3n) is 3.45. The normalized spacial score (nSPS) is 11.9. The molecule has 0 fully saturated rings. The van der Waals surface area contributed by atoms with E-state index in [2.05, 4.69) is 5.32 Å². The van der Waals surface area contributed by atoms with Crippen LogP contribution in [0, 0.1) is 15.9 Å². The Morgan fingerprint density at radius 3 is 2.57 bits per heavy atom. The number of rotatable bonds is 6. The van der Waals surface area contributed by atoms with Crippen LogP contribution in [0.4, 0.5) is 15.8 Å². The average molecular weight is 297 g/mol. The van der Waals surface area contributed by atoms with Gasteiger partial charge in [0.2, 0.25) is 0 Å². The van der Waals surface area contributed by atoms with Crippen molar-refractivity contribution in [2.24, 2.45) is 0 Å². The Morgan fingerprint density at radius 2 is 2.10 bits per heavy atom. The van der Waals surface area contributed by atoms with Crippen molar-refractivity contribution in [1.29, 1.82) is 0 Å². The van der Waals surface area contributed by atoms with E-state index in [9.17, 15) is 19.3 Å². The van der Waals surface area contributed by atoms with Crippen LogP contribution >= 0.6 is 0 Å². The van der Waals surface area contributed by atoms with Crippen LogP contribution in [0.2, 0.25) is 0 Å². The van der Waals surface area contributed by atoms with Gasteiger partial charge in [-0.05, 0) is 26.3 Å². The number of hydrogen-bond acceptors (Lipinski definition) is 4. The van der Waals surface area contributed by atoms with Gasteiger partial charge in [0.15, 0.2) is 5.82 Å². The van der Waals surface area contributed by atoms with E-state index in [0.717, 1.165) is 12.5 Å². The Labute approximate surface area is 123 Å². The fraction of sp³-hybridized carbons (Fsp3) is 0.500. The molecular weight excluding hydrogens is 277 g/mol. The van der Waals surface area contributed by atoms with Gasteiger partial charge in [-0.25, -0.2) is 4.39 Å². The molecule has 1 unspecified atom stereocenters. The van der Waals surface area contributed by atoms with E-state index < -0.39 is 22.3 Å². The van der Waals surface area contributed by atoms with Crippen LogP contribution in [0.5, 0.6) is 0 Å². The van der Waals surface area contributed by atoms with Gasteiger partial charge < -0.3 is 10.2 Å². The first-order valence-corrected chi connectivity index (χ1v) is 6.82. The standard InChI is InChI=1S/C14H20FN3O3/c1-5-9(3)17(4)14(19)10-7-12(16-6-2)11(15)8-13(10)18(20)21/h7-9,16H,5-6H2,1-4H3. The summed E-state index contributed by atoms with van der Waals surface area (Å²) in [6.07, 6.45) is 0.720. The van der Waals surface area contributed by atoms with Gasteiger partial charge in [0, 0.05) is 19.6 Å². The number of amides is 1. The molecule has 1 atom stereocenters. The first-order chi connectivity index (χ1) is 9.83. The lowest BCUT2D eigenvalue weighted by atomic mass is 10.1. The molecule has 0 radical (unpaired) electrons. The van der Waals surface area contributed by atoms with Gasteiger partial charge in [0.05, 0.1) is 16.7 Å². The first-order valence-electron chi connectivity index (χ1n) is 6.82. The summed E-state index contributed by atoms with van der Waals surface area (Å²) in [5, 5.41) is 13.8. The van der Waals surface area contributed by atoms with Crippen molar-refractivity contribution < 1.29 is 14.1 Å². The van der Waals surface area contributed by atoms with Crippen molar-refractivity contribution in [2.75, 3.05) is 18.9 Å². The van der Waals surface area contributed by atoms with E-state index in [4.69, 9.17) is 0 Å². The van der Waals surface area contributed by atoms with Crippen LogP contribution in [-0.2, 0) is 0 Å². The maximum atomic E-state index is 13.8. The molecule has 1 rings (SSSR count). The number of carbonyl (C=O) groups is 1. The molecule has 21 heavy (non-hydrogen) atoms. The molecule has 0 heterocycles. The number of benzene rings is 1. The number of halogens is 1. The highest BCUT2D eigenvalue weighted by molar-refractivity contribution is 5.99. The van der Waals surface area contributed by atoms with E-state index in [-0.39, 0.29) is 17.3 Å². The quantitative estimate of drug-likeness (QED) is 0.647. The number of carbonyl (C=O) groups excluding carboxylic acids is 1. The predicted octanol–water partition coefficient (Wildman–Crippen LogP) is 3.04. The van der Waals surface area contributed by atoms with Crippen molar-refractivity contribution in [2.45, 2.75) is 33.2 Å². The lowest BCUT2D eigenvalue weighted by Gasteiger charge is -2.24. The molecule has 1 aromatic carbocycles. The van der Waals surface area contributed by atoms with Crippen molar-refractivity contribution in [1.82, 2.24) is 4.90 Å². The van der Waals surface area contributed by atoms with E-state index in [0.29, 0.717) is 6.54 Å². The highest BCUT2D eigenvalue weighted by atomic mass is 19.1. The molecule has 0 saturated carbocycles. The minimum Gasteiger partial charge on any atom is -0.383 e. The summed E-state index contributed by atoms with van der Waals surface area (Å²) in [7, 11) is 1.58. The Hall–Kier alpha value is -2.18. The highest BCUT2D eigenvalue weighted by Gasteiger charge is 2.27. The van der Waals surface area contributed by atoms with Crippen LogP contribution in [0.3, 0.4) is 0 Å². The van der Waals surface area contributed by atoms with Crippen LogP contribution in [0.1, 0.15) is 37.6 Å². The minimum atomic E-state index is -0.744. The summed E-state index contributed by atoms with van der Waals surface area (Å²) in [6, 6.07) is 1.93. The molecule has 7 heteroatoms. The third-order valence-corrected chi connectivity index (χ3v) is 3.45. The highest BCUT2D eigenvalue weighted by Crippen LogP contribution is 2.27. The fourth-order valence-corrected chi connectivity index (χ4v) is 1.88. The third kappa shape index (κ3) is 3.68. The van der Waals surface area contributed by atoms with Gasteiger partial charge in [-0.15, -0.1) is 0 Å². The second kappa shape index (κ2) is 7.01. The Morgan fingerprint density at radius 1 is 1.48 bits per heavy atom. The fourth-order valence-electron chi connectivity index (χ4n) is 1.88. The number of nitrogens with one attached hydrogen (secondary N) is 1. The van der Waals surface area contributed by atoms with Crippen LogP contribution in [0.25, 0.3) is 0 Å². The summed E-state index contributed by atoms with van der Waals surface area (Å²) in [4.78, 5) is 24.2. The monoisotopic (exact) mass is 297 g/mol. The second-order valence-corrected chi connectivity index (χ2v) is 4.81. The zero-order valence-corrected chi connectivity index (χ0v) is 12.6. The maximum Gasteiger partial charge on any atom is 0.285 e. The number of hydrogen-bond donors (Lipinski definition) is 1. The van der Waals surface area contributed by atoms with Crippen molar-refractivity contribution in [3.8, 4) is 0 Å². The predicted molar refractivity (Wildman–Crippen MR) is 79.1 cm³/mol. The molecular formula is C14H20FN3O3. The Balaban J connectivity index is 3.34. The Bertz CT molecular complexity index is 549. The van der Waals surface area contributed by atoms with E-state index in [1.807, 2.05) is 13.8 Å². The number of anilines is 1. The molecule has 0 saturated heterocycles. The number of nitrogens with zero attached hydrogens (tertiary/aromatic N) is 2. The molecule has 1 amide bonds. The smallest absolute Gasteiger partial charge is 0.285 e. The summed E-state index contributed by atoms with van der Waals surface area (Å²) in [6.45, 7) is 5.98. The topological polar surface area (TPSA) is 75.5 Å². The van der Waals surface area contributed by atoms with Gasteiger partial charge in [-0.3, -0.25) is 14.9 Å². The van der Waals surface area contributed by atoms with E-state index in [1.165, 1.54) is 11.0 Å². The van der Waals surface area contributed by atoms with Gasteiger partial charge in [0.1, 0.15) is 5.56 Å². The minimum absolute atomic E-state index is 0.0651. The molecule has 1 N–H and O–H groups in total. The lowest BCUT2D eigenvalue weighted by molar-refractivity contribution is -0.385.